The van der Waals surface area contributed by atoms with Crippen molar-refractivity contribution >= 4 is 0 Å². The number of benzene rings is 1. The Kier molecular flexibility index (Phi) is 4.02. The third kappa shape index (κ3) is 2.61. The molecule has 1 fully saturated rings. The van der Waals surface area contributed by atoms with E-state index >= 15 is 0 Å². The highest BCUT2D eigenvalue weighted by molar-refractivity contribution is 5.31. The van der Waals surface area contributed by atoms with Crippen LogP contribution in [0.4, 0.5) is 0 Å². The van der Waals surface area contributed by atoms with Crippen molar-refractivity contribution < 1.29 is 4.74 Å². The predicted molar refractivity (Wildman–Crippen MR) is 69.6 cm³/mol. The monoisotopic (exact) mass is 234 g/mol. The summed E-state index contributed by atoms with van der Waals surface area (Å²) < 4.78 is 5.29. The lowest BCUT2D eigenvalue weighted by atomic mass is 9.90. The van der Waals surface area contributed by atoms with Crippen molar-refractivity contribution in [3.05, 3.63) is 29.8 Å². The molecule has 0 unspecified atom stereocenters. The van der Waals surface area contributed by atoms with Crippen molar-refractivity contribution in [2.75, 3.05) is 13.7 Å². The molecule has 0 aliphatic carbocycles. The Balaban J connectivity index is 2.22. The first-order valence-corrected chi connectivity index (χ1v) is 6.41. The number of hydrogen-bond donors (Lipinski definition) is 1. The van der Waals surface area contributed by atoms with Crippen molar-refractivity contribution in [2.24, 2.45) is 11.8 Å². The number of rotatable bonds is 4. The molecule has 0 radical (unpaired) electrons. The minimum absolute atomic E-state index is 0.352. The van der Waals surface area contributed by atoms with Gasteiger partial charge in [0.15, 0.2) is 0 Å². The van der Waals surface area contributed by atoms with Gasteiger partial charge in [0.25, 0.3) is 0 Å². The second-order valence-electron chi connectivity index (χ2n) is 4.80. The Bertz CT molecular complexity index is 365. The van der Waals surface area contributed by atoms with Crippen LogP contribution in [0.25, 0.3) is 0 Å². The smallest absolute Gasteiger partial charge is 0.119 e. The van der Waals surface area contributed by atoms with Gasteiger partial charge < -0.3 is 4.74 Å². The van der Waals surface area contributed by atoms with Gasteiger partial charge in [0, 0.05) is 6.54 Å². The van der Waals surface area contributed by atoms with Crippen LogP contribution in [-0.4, -0.2) is 18.7 Å². The molecule has 0 aromatic heterocycles. The van der Waals surface area contributed by atoms with Crippen LogP contribution in [0.5, 0.6) is 5.75 Å². The van der Waals surface area contributed by atoms with E-state index in [4.69, 9.17) is 10.6 Å². The summed E-state index contributed by atoms with van der Waals surface area (Å²) in [7, 11) is 1.71. The Morgan fingerprint density at radius 2 is 2.29 bits per heavy atom. The zero-order valence-electron chi connectivity index (χ0n) is 10.7. The summed E-state index contributed by atoms with van der Waals surface area (Å²) in [5, 5.41) is 1.98. The zero-order valence-corrected chi connectivity index (χ0v) is 10.7. The Labute approximate surface area is 104 Å². The van der Waals surface area contributed by atoms with E-state index in [2.05, 4.69) is 19.1 Å². The summed E-state index contributed by atoms with van der Waals surface area (Å²) in [6.07, 6.45) is 3.67. The average molecular weight is 234 g/mol. The van der Waals surface area contributed by atoms with Gasteiger partial charge in [-0.1, -0.05) is 25.5 Å². The first-order chi connectivity index (χ1) is 8.26. The zero-order chi connectivity index (χ0) is 12.3. The molecule has 2 rings (SSSR count). The SMILES string of the molecule is CCC[C@H]1CCN(N)[C@H]1c1cccc(OC)c1. The van der Waals surface area contributed by atoms with Gasteiger partial charge in [0.2, 0.25) is 0 Å². The summed E-state index contributed by atoms with van der Waals surface area (Å²) in [6, 6.07) is 8.64. The lowest BCUT2D eigenvalue weighted by molar-refractivity contribution is 0.228. The molecule has 1 aromatic rings. The second kappa shape index (κ2) is 5.52. The van der Waals surface area contributed by atoms with E-state index in [1.807, 2.05) is 17.1 Å². The van der Waals surface area contributed by atoms with E-state index in [9.17, 15) is 0 Å². The Morgan fingerprint density at radius 1 is 1.47 bits per heavy atom. The Morgan fingerprint density at radius 3 is 3.00 bits per heavy atom. The maximum atomic E-state index is 6.12. The standard InChI is InChI=1S/C14H22N2O/c1-3-5-11-8-9-16(15)14(11)12-6-4-7-13(10-12)17-2/h4,6-7,10-11,14H,3,5,8-9,15H2,1-2H3/t11-,14+/m0/s1. The van der Waals surface area contributed by atoms with Gasteiger partial charge >= 0.3 is 0 Å². The number of ether oxygens (including phenoxy) is 1. The highest BCUT2D eigenvalue weighted by atomic mass is 16.5. The van der Waals surface area contributed by atoms with E-state index in [0.717, 1.165) is 12.3 Å². The molecule has 0 bridgehead atoms. The maximum Gasteiger partial charge on any atom is 0.119 e. The fourth-order valence-corrected chi connectivity index (χ4v) is 2.84. The first-order valence-electron chi connectivity index (χ1n) is 6.41. The fraction of sp³-hybridized carbons (Fsp3) is 0.571. The van der Waals surface area contributed by atoms with Crippen LogP contribution in [0.15, 0.2) is 24.3 Å². The number of hydrazine groups is 1. The summed E-state index contributed by atoms with van der Waals surface area (Å²) in [4.78, 5) is 0. The maximum absolute atomic E-state index is 6.12. The minimum atomic E-state index is 0.352. The molecule has 3 nitrogen and oxygen atoms in total. The van der Waals surface area contributed by atoms with E-state index in [0.29, 0.717) is 12.0 Å². The van der Waals surface area contributed by atoms with E-state index in [1.54, 1.807) is 7.11 Å². The van der Waals surface area contributed by atoms with Gasteiger partial charge in [-0.3, -0.25) is 5.84 Å². The molecular weight excluding hydrogens is 212 g/mol. The first kappa shape index (κ1) is 12.4. The van der Waals surface area contributed by atoms with Crippen LogP contribution in [0.2, 0.25) is 0 Å². The molecular formula is C14H22N2O. The number of hydrogen-bond acceptors (Lipinski definition) is 3. The van der Waals surface area contributed by atoms with Gasteiger partial charge in [-0.05, 0) is 36.5 Å². The molecule has 0 saturated carbocycles. The van der Waals surface area contributed by atoms with Crippen molar-refractivity contribution in [1.29, 1.82) is 0 Å². The van der Waals surface area contributed by atoms with E-state index in [-0.39, 0.29) is 0 Å². The second-order valence-corrected chi connectivity index (χ2v) is 4.80. The van der Waals surface area contributed by atoms with E-state index in [1.165, 1.54) is 24.8 Å². The fourth-order valence-electron chi connectivity index (χ4n) is 2.84. The van der Waals surface area contributed by atoms with Gasteiger partial charge in [-0.25, -0.2) is 5.01 Å². The molecule has 1 aliphatic rings. The molecule has 0 spiro atoms. The third-order valence-electron chi connectivity index (χ3n) is 3.66. The van der Waals surface area contributed by atoms with Gasteiger partial charge in [0.1, 0.15) is 5.75 Å². The van der Waals surface area contributed by atoms with Crippen LogP contribution in [0.1, 0.15) is 37.8 Å². The minimum Gasteiger partial charge on any atom is -0.497 e. The van der Waals surface area contributed by atoms with Crippen LogP contribution in [0, 0.1) is 5.92 Å². The van der Waals surface area contributed by atoms with Crippen molar-refractivity contribution in [2.45, 2.75) is 32.2 Å². The topological polar surface area (TPSA) is 38.5 Å². The summed E-state index contributed by atoms with van der Waals surface area (Å²) >= 11 is 0. The van der Waals surface area contributed by atoms with Crippen molar-refractivity contribution in [1.82, 2.24) is 5.01 Å². The number of methoxy groups -OCH3 is 1. The van der Waals surface area contributed by atoms with Crippen LogP contribution >= 0.6 is 0 Å². The Hall–Kier alpha value is -1.06. The highest BCUT2D eigenvalue weighted by Gasteiger charge is 2.32. The molecule has 0 amide bonds. The summed E-state index contributed by atoms with van der Waals surface area (Å²) in [5.74, 6) is 7.71. The van der Waals surface area contributed by atoms with Crippen LogP contribution in [0.3, 0.4) is 0 Å². The summed E-state index contributed by atoms with van der Waals surface area (Å²) in [6.45, 7) is 3.23. The third-order valence-corrected chi connectivity index (χ3v) is 3.66. The lowest BCUT2D eigenvalue weighted by Gasteiger charge is -2.25. The number of nitrogens with two attached hydrogens (primary N) is 1. The number of nitrogens with zero attached hydrogens (tertiary/aromatic N) is 1. The average Bonchev–Trinajstić information content (AvgIpc) is 2.71. The van der Waals surface area contributed by atoms with Crippen molar-refractivity contribution in [3.63, 3.8) is 0 Å². The van der Waals surface area contributed by atoms with Crippen molar-refractivity contribution in [3.8, 4) is 5.75 Å². The molecule has 1 heterocycles. The lowest BCUT2D eigenvalue weighted by Crippen LogP contribution is -2.32. The molecule has 2 N–H and O–H groups in total. The molecule has 2 atom stereocenters. The predicted octanol–water partition coefficient (Wildman–Crippen LogP) is 2.73. The van der Waals surface area contributed by atoms with Gasteiger partial charge in [-0.15, -0.1) is 0 Å². The van der Waals surface area contributed by atoms with Gasteiger partial charge in [-0.2, -0.15) is 0 Å². The molecule has 94 valence electrons. The summed E-state index contributed by atoms with van der Waals surface area (Å²) in [5.41, 5.74) is 1.28. The molecule has 3 heteroatoms. The van der Waals surface area contributed by atoms with Crippen LogP contribution in [-0.2, 0) is 0 Å². The largest absolute Gasteiger partial charge is 0.497 e. The van der Waals surface area contributed by atoms with E-state index < -0.39 is 0 Å². The molecule has 1 aliphatic heterocycles. The quantitative estimate of drug-likeness (QED) is 0.814. The molecule has 17 heavy (non-hydrogen) atoms. The van der Waals surface area contributed by atoms with Gasteiger partial charge in [0.05, 0.1) is 13.2 Å². The normalized spacial score (nSPS) is 25.1. The molecule has 1 aromatic carbocycles. The molecule has 1 saturated heterocycles. The highest BCUT2D eigenvalue weighted by Crippen LogP contribution is 2.38. The van der Waals surface area contributed by atoms with Crippen LogP contribution < -0.4 is 10.6 Å².